The third-order valence-corrected chi connectivity index (χ3v) is 6.53. The van der Waals surface area contributed by atoms with E-state index in [2.05, 4.69) is 62.1 Å². The van der Waals surface area contributed by atoms with Gasteiger partial charge in [0.05, 0.1) is 0 Å². The maximum atomic E-state index is 3.30. The highest BCUT2D eigenvalue weighted by Crippen LogP contribution is 2.36. The molecule has 134 valence electrons. The van der Waals surface area contributed by atoms with Crippen LogP contribution in [0.5, 0.6) is 0 Å². The van der Waals surface area contributed by atoms with Crippen LogP contribution in [0.15, 0.2) is 36.4 Å². The van der Waals surface area contributed by atoms with Gasteiger partial charge < -0.3 is 0 Å². The van der Waals surface area contributed by atoms with Crippen molar-refractivity contribution in [3.63, 3.8) is 0 Å². The van der Waals surface area contributed by atoms with Crippen LogP contribution < -0.4 is 0 Å². The zero-order chi connectivity index (χ0) is 17.5. The predicted octanol–water partition coefficient (Wildman–Crippen LogP) is 7.10. The van der Waals surface area contributed by atoms with Crippen LogP contribution in [0.4, 0.5) is 0 Å². The highest BCUT2D eigenvalue weighted by molar-refractivity contribution is 5.39. The first-order valence-electron chi connectivity index (χ1n) is 10.5. The topological polar surface area (TPSA) is 0 Å². The van der Waals surface area contributed by atoms with Crippen molar-refractivity contribution in [2.45, 2.75) is 77.6 Å². The van der Waals surface area contributed by atoms with E-state index in [-0.39, 0.29) is 0 Å². The van der Waals surface area contributed by atoms with Gasteiger partial charge in [-0.2, -0.15) is 0 Å². The van der Waals surface area contributed by atoms with Crippen molar-refractivity contribution in [1.29, 1.82) is 0 Å². The Hall–Kier alpha value is -1.48. The highest BCUT2D eigenvalue weighted by Gasteiger charge is 2.21. The summed E-state index contributed by atoms with van der Waals surface area (Å²) in [7, 11) is 0. The standard InChI is InChI=1S/C25H34/c1-3-21-12-16-24(17-13-21)25-18-14-23(15-19-25)7-5-4-6-22-10-8-20(2)9-11-22/h4,6,14-15,18-22,24H,3,8-13,16-17H2,1-2H3/b6-4+. The van der Waals surface area contributed by atoms with Crippen molar-refractivity contribution < 1.29 is 0 Å². The summed E-state index contributed by atoms with van der Waals surface area (Å²) in [6, 6.07) is 9.05. The van der Waals surface area contributed by atoms with Gasteiger partial charge in [0, 0.05) is 5.56 Å². The fourth-order valence-corrected chi connectivity index (χ4v) is 4.53. The Kier molecular flexibility index (Phi) is 6.80. The molecule has 0 aliphatic heterocycles. The number of hydrogen-bond donors (Lipinski definition) is 0. The van der Waals surface area contributed by atoms with E-state index in [4.69, 9.17) is 0 Å². The molecule has 1 aromatic rings. The Labute approximate surface area is 155 Å². The molecule has 25 heavy (non-hydrogen) atoms. The number of rotatable bonds is 3. The van der Waals surface area contributed by atoms with Crippen molar-refractivity contribution in [3.8, 4) is 11.8 Å². The molecular formula is C25H34. The van der Waals surface area contributed by atoms with Crippen LogP contribution in [0.2, 0.25) is 0 Å². The van der Waals surface area contributed by atoms with Crippen LogP contribution >= 0.6 is 0 Å². The summed E-state index contributed by atoms with van der Waals surface area (Å²) >= 11 is 0. The molecule has 2 saturated carbocycles. The summed E-state index contributed by atoms with van der Waals surface area (Å²) < 4.78 is 0. The van der Waals surface area contributed by atoms with E-state index < -0.39 is 0 Å². The zero-order valence-corrected chi connectivity index (χ0v) is 16.1. The Morgan fingerprint density at radius 2 is 1.60 bits per heavy atom. The van der Waals surface area contributed by atoms with Gasteiger partial charge in [-0.1, -0.05) is 63.2 Å². The van der Waals surface area contributed by atoms with Gasteiger partial charge in [0.15, 0.2) is 0 Å². The molecule has 3 rings (SSSR count). The average Bonchev–Trinajstić information content (AvgIpc) is 2.67. The van der Waals surface area contributed by atoms with Crippen molar-refractivity contribution in [3.05, 3.63) is 47.5 Å². The number of allylic oxidation sites excluding steroid dienone is 2. The lowest BCUT2D eigenvalue weighted by Gasteiger charge is -2.28. The first-order chi connectivity index (χ1) is 12.2. The van der Waals surface area contributed by atoms with Crippen LogP contribution in [0, 0.1) is 29.6 Å². The molecule has 0 nitrogen and oxygen atoms in total. The van der Waals surface area contributed by atoms with E-state index in [1.165, 1.54) is 63.4 Å². The minimum absolute atomic E-state index is 0.756. The molecule has 1 aromatic carbocycles. The summed E-state index contributed by atoms with van der Waals surface area (Å²) in [5, 5.41) is 0. The molecule has 0 heterocycles. The smallest absolute Gasteiger partial charge is 0.0249 e. The van der Waals surface area contributed by atoms with Gasteiger partial charge in [0.1, 0.15) is 0 Å². The van der Waals surface area contributed by atoms with E-state index in [0.29, 0.717) is 0 Å². The van der Waals surface area contributed by atoms with Crippen molar-refractivity contribution >= 4 is 0 Å². The van der Waals surface area contributed by atoms with Crippen molar-refractivity contribution in [2.75, 3.05) is 0 Å². The third-order valence-electron chi connectivity index (χ3n) is 6.53. The molecule has 0 saturated heterocycles. The normalized spacial score (nSPS) is 30.0. The maximum absolute atomic E-state index is 3.30. The Morgan fingerprint density at radius 1 is 0.920 bits per heavy atom. The Bertz CT molecular complexity index is 594. The molecular weight excluding hydrogens is 300 g/mol. The molecule has 0 radical (unpaired) electrons. The molecule has 0 spiro atoms. The van der Waals surface area contributed by atoms with Crippen molar-refractivity contribution in [1.82, 2.24) is 0 Å². The van der Waals surface area contributed by atoms with Gasteiger partial charge >= 0.3 is 0 Å². The maximum Gasteiger partial charge on any atom is 0.0249 e. The van der Waals surface area contributed by atoms with Gasteiger partial charge in [-0.15, -0.1) is 0 Å². The summed E-state index contributed by atoms with van der Waals surface area (Å²) in [6.07, 6.45) is 16.8. The van der Waals surface area contributed by atoms with E-state index in [1.807, 2.05) is 0 Å². The minimum Gasteiger partial charge on any atom is -0.0730 e. The second kappa shape index (κ2) is 9.28. The fourth-order valence-electron chi connectivity index (χ4n) is 4.53. The quantitative estimate of drug-likeness (QED) is 0.517. The van der Waals surface area contributed by atoms with E-state index >= 15 is 0 Å². The van der Waals surface area contributed by atoms with Gasteiger partial charge in [-0.3, -0.25) is 0 Å². The second-order valence-electron chi connectivity index (χ2n) is 8.40. The lowest BCUT2D eigenvalue weighted by Crippen LogP contribution is -2.12. The van der Waals surface area contributed by atoms with Gasteiger partial charge in [0.25, 0.3) is 0 Å². The lowest BCUT2D eigenvalue weighted by molar-refractivity contribution is 0.319. The second-order valence-corrected chi connectivity index (χ2v) is 8.40. The molecule has 0 aromatic heterocycles. The number of hydrogen-bond acceptors (Lipinski definition) is 0. The monoisotopic (exact) mass is 334 g/mol. The van der Waals surface area contributed by atoms with Crippen LogP contribution in [0.1, 0.15) is 88.7 Å². The molecule has 2 aliphatic rings. The summed E-state index contributed by atoms with van der Waals surface area (Å²) in [6.45, 7) is 4.71. The predicted molar refractivity (Wildman–Crippen MR) is 109 cm³/mol. The van der Waals surface area contributed by atoms with Crippen LogP contribution in [0.3, 0.4) is 0 Å². The minimum atomic E-state index is 0.756. The Morgan fingerprint density at radius 3 is 2.24 bits per heavy atom. The third kappa shape index (κ3) is 5.50. The molecule has 2 fully saturated rings. The fraction of sp³-hybridized carbons (Fsp3) is 0.600. The van der Waals surface area contributed by atoms with Gasteiger partial charge in [0.2, 0.25) is 0 Å². The van der Waals surface area contributed by atoms with Crippen LogP contribution in [-0.4, -0.2) is 0 Å². The van der Waals surface area contributed by atoms with Crippen LogP contribution in [0.25, 0.3) is 0 Å². The molecule has 0 bridgehead atoms. The Balaban J connectivity index is 1.50. The molecule has 0 N–H and O–H groups in total. The van der Waals surface area contributed by atoms with Gasteiger partial charge in [-0.25, -0.2) is 0 Å². The van der Waals surface area contributed by atoms with E-state index in [9.17, 15) is 0 Å². The molecule has 2 aliphatic carbocycles. The summed E-state index contributed by atoms with van der Waals surface area (Å²) in [5.41, 5.74) is 2.67. The first-order valence-corrected chi connectivity index (χ1v) is 10.5. The van der Waals surface area contributed by atoms with E-state index in [0.717, 1.165) is 29.2 Å². The summed E-state index contributed by atoms with van der Waals surface area (Å²) in [5.74, 6) is 9.97. The molecule has 0 amide bonds. The number of benzene rings is 1. The molecule has 0 unspecified atom stereocenters. The SMILES string of the molecule is CCC1CCC(c2ccc(C#C/C=C/C3CCC(C)CC3)cc2)CC1. The molecule has 0 atom stereocenters. The zero-order valence-electron chi connectivity index (χ0n) is 16.1. The lowest BCUT2D eigenvalue weighted by atomic mass is 9.78. The van der Waals surface area contributed by atoms with Gasteiger partial charge in [-0.05, 0) is 86.0 Å². The average molecular weight is 335 g/mol. The summed E-state index contributed by atoms with van der Waals surface area (Å²) in [4.78, 5) is 0. The first kappa shape index (κ1) is 18.3. The van der Waals surface area contributed by atoms with E-state index in [1.54, 1.807) is 0 Å². The largest absolute Gasteiger partial charge is 0.0730 e. The van der Waals surface area contributed by atoms with Crippen LogP contribution in [-0.2, 0) is 0 Å². The van der Waals surface area contributed by atoms with Crippen molar-refractivity contribution in [2.24, 2.45) is 17.8 Å². The molecule has 0 heteroatoms. The highest BCUT2D eigenvalue weighted by atomic mass is 14.3.